The Labute approximate surface area is 155 Å². The van der Waals surface area contributed by atoms with Gasteiger partial charge in [-0.25, -0.2) is 0 Å². The lowest BCUT2D eigenvalue weighted by molar-refractivity contribution is -0.116. The second kappa shape index (κ2) is 9.47. The Morgan fingerprint density at radius 3 is 2.64 bits per heavy atom. The molecule has 1 fully saturated rings. The van der Waals surface area contributed by atoms with Crippen molar-refractivity contribution >= 4 is 29.8 Å². The van der Waals surface area contributed by atoms with E-state index in [-0.39, 0.29) is 18.3 Å². The van der Waals surface area contributed by atoms with Gasteiger partial charge in [0.05, 0.1) is 0 Å². The van der Waals surface area contributed by atoms with Crippen molar-refractivity contribution < 1.29 is 4.79 Å². The Kier molecular flexibility index (Phi) is 7.31. The lowest BCUT2D eigenvalue weighted by atomic mass is 9.97. The summed E-state index contributed by atoms with van der Waals surface area (Å²) in [5.41, 5.74) is 8.81. The number of aromatic amines is 1. The van der Waals surface area contributed by atoms with E-state index in [9.17, 15) is 4.79 Å². The molecule has 25 heavy (non-hydrogen) atoms. The molecule has 1 aliphatic carbocycles. The first-order valence-electron chi connectivity index (χ1n) is 8.91. The van der Waals surface area contributed by atoms with Crippen LogP contribution in [0.3, 0.4) is 0 Å². The Balaban J connectivity index is 0.00000225. The number of nitrogens with zero attached hydrogens (tertiary/aromatic N) is 1. The van der Waals surface area contributed by atoms with E-state index in [1.54, 1.807) is 0 Å². The number of carbonyl (C=O) groups is 1. The number of para-hydroxylation sites is 1. The minimum Gasteiger partial charge on any atom is -0.399 e. The monoisotopic (exact) mass is 362 g/mol. The van der Waals surface area contributed by atoms with E-state index in [1.165, 1.54) is 38.5 Å². The van der Waals surface area contributed by atoms with Crippen LogP contribution in [0.15, 0.2) is 30.3 Å². The molecule has 1 aromatic heterocycles. The van der Waals surface area contributed by atoms with E-state index in [1.807, 2.05) is 30.3 Å². The van der Waals surface area contributed by atoms with E-state index < -0.39 is 0 Å². The molecule has 6 heteroatoms. The summed E-state index contributed by atoms with van der Waals surface area (Å²) in [6.45, 7) is 0. The molecular weight excluding hydrogens is 336 g/mol. The van der Waals surface area contributed by atoms with E-state index in [2.05, 4.69) is 15.5 Å². The molecule has 1 amide bonds. The molecule has 4 N–H and O–H groups in total. The maximum Gasteiger partial charge on any atom is 0.225 e. The summed E-state index contributed by atoms with van der Waals surface area (Å²) in [5.74, 6) is 1.15. The van der Waals surface area contributed by atoms with Crippen LogP contribution in [0.4, 0.5) is 11.5 Å². The van der Waals surface area contributed by atoms with Crippen LogP contribution in [0, 0.1) is 0 Å². The van der Waals surface area contributed by atoms with Crippen LogP contribution < -0.4 is 11.1 Å². The van der Waals surface area contributed by atoms with E-state index in [4.69, 9.17) is 5.73 Å². The number of nitrogens with two attached hydrogens (primary N) is 1. The predicted molar refractivity (Wildman–Crippen MR) is 104 cm³/mol. The average molecular weight is 363 g/mol. The van der Waals surface area contributed by atoms with Crippen molar-refractivity contribution in [2.75, 3.05) is 11.1 Å². The number of amides is 1. The normalized spacial score (nSPS) is 15.2. The smallest absolute Gasteiger partial charge is 0.225 e. The van der Waals surface area contributed by atoms with E-state index >= 15 is 0 Å². The summed E-state index contributed by atoms with van der Waals surface area (Å²) >= 11 is 0. The van der Waals surface area contributed by atoms with Gasteiger partial charge in [-0.05, 0) is 30.9 Å². The number of H-pyrrole nitrogens is 1. The number of hydrogen-bond acceptors (Lipinski definition) is 3. The molecule has 2 aromatic rings. The van der Waals surface area contributed by atoms with Crippen molar-refractivity contribution in [2.45, 2.75) is 57.3 Å². The topological polar surface area (TPSA) is 83.8 Å². The SMILES string of the molecule is Cl.Nc1ccccc1CCC(=O)Nc1cc(C2CCCCCC2)[nH]n1. The zero-order chi connectivity index (χ0) is 16.8. The molecule has 0 unspecified atom stereocenters. The predicted octanol–water partition coefficient (Wildman–Crippen LogP) is 4.42. The number of carbonyl (C=O) groups excluding carboxylic acids is 1. The summed E-state index contributed by atoms with van der Waals surface area (Å²) in [6, 6.07) is 9.65. The first-order valence-corrected chi connectivity index (χ1v) is 8.91. The molecule has 0 radical (unpaired) electrons. The Bertz CT molecular complexity index is 678. The van der Waals surface area contributed by atoms with Gasteiger partial charge in [-0.1, -0.05) is 43.9 Å². The molecule has 1 heterocycles. The number of nitrogens with one attached hydrogen (secondary N) is 2. The fourth-order valence-corrected chi connectivity index (χ4v) is 3.42. The van der Waals surface area contributed by atoms with Crippen molar-refractivity contribution in [3.8, 4) is 0 Å². The van der Waals surface area contributed by atoms with Crippen LogP contribution in [0.2, 0.25) is 0 Å². The number of benzene rings is 1. The van der Waals surface area contributed by atoms with Crippen molar-refractivity contribution in [1.29, 1.82) is 0 Å². The fraction of sp³-hybridized carbons (Fsp3) is 0.474. The van der Waals surface area contributed by atoms with Crippen LogP contribution >= 0.6 is 12.4 Å². The van der Waals surface area contributed by atoms with Gasteiger partial charge < -0.3 is 11.1 Å². The molecule has 1 saturated carbocycles. The maximum atomic E-state index is 12.1. The Hall–Kier alpha value is -2.01. The molecule has 3 rings (SSSR count). The van der Waals surface area contributed by atoms with Gasteiger partial charge in [0.1, 0.15) is 0 Å². The highest BCUT2D eigenvalue weighted by Gasteiger charge is 2.17. The molecule has 0 aliphatic heterocycles. The zero-order valence-electron chi connectivity index (χ0n) is 14.5. The van der Waals surface area contributed by atoms with Gasteiger partial charge >= 0.3 is 0 Å². The Morgan fingerprint density at radius 2 is 1.92 bits per heavy atom. The number of anilines is 2. The summed E-state index contributed by atoms with van der Waals surface area (Å²) in [4.78, 5) is 12.1. The van der Waals surface area contributed by atoms with Gasteiger partial charge in [0.15, 0.2) is 5.82 Å². The highest BCUT2D eigenvalue weighted by atomic mass is 35.5. The van der Waals surface area contributed by atoms with E-state index in [0.717, 1.165) is 16.9 Å². The van der Waals surface area contributed by atoms with Gasteiger partial charge in [0, 0.05) is 29.8 Å². The maximum absolute atomic E-state index is 12.1. The molecule has 0 bridgehead atoms. The van der Waals surface area contributed by atoms with Crippen LogP contribution in [0.1, 0.15) is 62.1 Å². The fourth-order valence-electron chi connectivity index (χ4n) is 3.42. The molecular formula is C19H27ClN4O. The van der Waals surface area contributed by atoms with Crippen LogP contribution in [0.25, 0.3) is 0 Å². The number of nitrogen functional groups attached to an aromatic ring is 1. The van der Waals surface area contributed by atoms with Crippen molar-refractivity contribution in [3.63, 3.8) is 0 Å². The highest BCUT2D eigenvalue weighted by molar-refractivity contribution is 5.90. The number of aromatic nitrogens is 2. The van der Waals surface area contributed by atoms with Crippen molar-refractivity contribution in [3.05, 3.63) is 41.6 Å². The summed E-state index contributed by atoms with van der Waals surface area (Å²) in [7, 11) is 0. The molecule has 0 spiro atoms. The summed E-state index contributed by atoms with van der Waals surface area (Å²) < 4.78 is 0. The lowest BCUT2D eigenvalue weighted by Crippen LogP contribution is -2.13. The number of rotatable bonds is 5. The number of halogens is 1. The third-order valence-electron chi connectivity index (χ3n) is 4.84. The van der Waals surface area contributed by atoms with Crippen molar-refractivity contribution in [2.24, 2.45) is 0 Å². The van der Waals surface area contributed by atoms with E-state index in [0.29, 0.717) is 24.6 Å². The van der Waals surface area contributed by atoms with Gasteiger partial charge in [0.2, 0.25) is 5.91 Å². The van der Waals surface area contributed by atoms with Gasteiger partial charge in [-0.15, -0.1) is 12.4 Å². The quantitative estimate of drug-likeness (QED) is 0.543. The highest BCUT2D eigenvalue weighted by Crippen LogP contribution is 2.31. The van der Waals surface area contributed by atoms with Gasteiger partial charge in [0.25, 0.3) is 0 Å². The minimum absolute atomic E-state index is 0. The zero-order valence-corrected chi connectivity index (χ0v) is 15.3. The second-order valence-electron chi connectivity index (χ2n) is 6.64. The van der Waals surface area contributed by atoms with Gasteiger partial charge in [-0.2, -0.15) is 5.10 Å². The second-order valence-corrected chi connectivity index (χ2v) is 6.64. The van der Waals surface area contributed by atoms with Crippen molar-refractivity contribution in [1.82, 2.24) is 10.2 Å². The number of hydrogen-bond donors (Lipinski definition) is 3. The van der Waals surface area contributed by atoms with Crippen LogP contribution in [-0.2, 0) is 11.2 Å². The molecule has 136 valence electrons. The first-order chi connectivity index (χ1) is 11.7. The van der Waals surface area contributed by atoms with Crippen LogP contribution in [-0.4, -0.2) is 16.1 Å². The van der Waals surface area contributed by atoms with Crippen LogP contribution in [0.5, 0.6) is 0 Å². The summed E-state index contributed by atoms with van der Waals surface area (Å²) in [6.07, 6.45) is 8.69. The largest absolute Gasteiger partial charge is 0.399 e. The number of aryl methyl sites for hydroxylation is 1. The molecule has 1 aliphatic rings. The first kappa shape index (κ1) is 19.3. The van der Waals surface area contributed by atoms with Gasteiger partial charge in [-0.3, -0.25) is 9.89 Å². The molecule has 0 atom stereocenters. The standard InChI is InChI=1S/C19H26N4O.ClH/c20-16-10-6-5-7-14(16)11-12-19(24)21-18-13-17(22-23-18)15-8-3-1-2-4-9-15;/h5-7,10,13,15H,1-4,8-9,11-12,20H2,(H2,21,22,23,24);1H. The average Bonchev–Trinajstić information content (AvgIpc) is 2.87. The third-order valence-corrected chi connectivity index (χ3v) is 4.84. The minimum atomic E-state index is -0.0304. The molecule has 5 nitrogen and oxygen atoms in total. The summed E-state index contributed by atoms with van der Waals surface area (Å²) in [5, 5.41) is 10.2. The Morgan fingerprint density at radius 1 is 1.20 bits per heavy atom. The molecule has 1 aromatic carbocycles. The lowest BCUT2D eigenvalue weighted by Gasteiger charge is -2.10. The molecule has 0 saturated heterocycles. The third kappa shape index (κ3) is 5.49.